The summed E-state index contributed by atoms with van der Waals surface area (Å²) >= 11 is 0. The summed E-state index contributed by atoms with van der Waals surface area (Å²) in [6.07, 6.45) is 0. The number of fused-ring (bicyclic) bond motifs is 1. The molecular weight excluding hydrogens is 344 g/mol. The molecule has 2 aromatic carbocycles. The van der Waals surface area contributed by atoms with E-state index in [-0.39, 0.29) is 35.5 Å². The van der Waals surface area contributed by atoms with Gasteiger partial charge in [0, 0.05) is 32.2 Å². The molecular formula is C21H26N2O4. The van der Waals surface area contributed by atoms with E-state index in [9.17, 15) is 15.0 Å². The zero-order valence-electron chi connectivity index (χ0n) is 15.7. The van der Waals surface area contributed by atoms with Crippen molar-refractivity contribution in [2.24, 2.45) is 0 Å². The number of phenolic OH excluding ortho intramolecular Hbond substituents is 2. The Kier molecular flexibility index (Phi) is 5.68. The second-order valence-electron chi connectivity index (χ2n) is 7.25. The average molecular weight is 370 g/mol. The van der Waals surface area contributed by atoms with Gasteiger partial charge in [0.25, 0.3) is 5.91 Å². The molecule has 0 unspecified atom stereocenters. The van der Waals surface area contributed by atoms with Crippen LogP contribution in [0.25, 0.3) is 0 Å². The molecule has 6 heteroatoms. The lowest BCUT2D eigenvalue weighted by Crippen LogP contribution is -2.25. The molecule has 0 saturated carbocycles. The van der Waals surface area contributed by atoms with Crippen molar-refractivity contribution in [1.82, 2.24) is 10.2 Å². The maximum atomic E-state index is 13.0. The van der Waals surface area contributed by atoms with Gasteiger partial charge in [-0.1, -0.05) is 32.0 Å². The van der Waals surface area contributed by atoms with Crippen molar-refractivity contribution < 1.29 is 20.1 Å². The lowest BCUT2D eigenvalue weighted by molar-refractivity contribution is 0.0748. The van der Waals surface area contributed by atoms with E-state index in [4.69, 9.17) is 5.11 Å². The largest absolute Gasteiger partial charge is 0.508 e. The average Bonchev–Trinajstić information content (AvgIpc) is 3.04. The highest BCUT2D eigenvalue weighted by Gasteiger charge is 2.27. The summed E-state index contributed by atoms with van der Waals surface area (Å²) in [4.78, 5) is 14.7. The van der Waals surface area contributed by atoms with Crippen LogP contribution in [0.1, 0.15) is 52.4 Å². The van der Waals surface area contributed by atoms with Crippen molar-refractivity contribution in [2.75, 3.05) is 13.2 Å². The van der Waals surface area contributed by atoms with E-state index in [1.165, 1.54) is 6.07 Å². The Hall–Kier alpha value is -2.57. The van der Waals surface area contributed by atoms with E-state index in [0.717, 1.165) is 16.7 Å². The lowest BCUT2D eigenvalue weighted by Gasteiger charge is -2.18. The van der Waals surface area contributed by atoms with Crippen LogP contribution in [0.3, 0.4) is 0 Å². The summed E-state index contributed by atoms with van der Waals surface area (Å²) < 4.78 is 0. The molecule has 0 radical (unpaired) electrons. The minimum absolute atomic E-state index is 0.00350. The first-order valence-electron chi connectivity index (χ1n) is 9.18. The van der Waals surface area contributed by atoms with Crippen LogP contribution in [0, 0.1) is 0 Å². The standard InChI is InChI=1S/C21H26N2O4/c1-13(2)17-8-18(20(26)9-19(17)25)21(27)23-11-15-4-3-14(7-16(15)12-23)10-22-5-6-24/h3-4,7-9,13,22,24-26H,5-6,10-12H2,1-2H3. The first-order valence-corrected chi connectivity index (χ1v) is 9.18. The fourth-order valence-electron chi connectivity index (χ4n) is 3.41. The number of nitrogens with one attached hydrogen (secondary N) is 1. The fraction of sp³-hybridized carbons (Fsp3) is 0.381. The summed E-state index contributed by atoms with van der Waals surface area (Å²) in [5.74, 6) is -0.400. The van der Waals surface area contributed by atoms with Crippen LogP contribution >= 0.6 is 0 Å². The maximum Gasteiger partial charge on any atom is 0.258 e. The second-order valence-corrected chi connectivity index (χ2v) is 7.25. The highest BCUT2D eigenvalue weighted by molar-refractivity contribution is 5.97. The monoisotopic (exact) mass is 370 g/mol. The van der Waals surface area contributed by atoms with Crippen molar-refractivity contribution in [2.45, 2.75) is 39.4 Å². The van der Waals surface area contributed by atoms with E-state index in [2.05, 4.69) is 11.4 Å². The van der Waals surface area contributed by atoms with E-state index in [1.807, 2.05) is 26.0 Å². The summed E-state index contributed by atoms with van der Waals surface area (Å²) in [7, 11) is 0. The predicted octanol–water partition coefficient (Wildman–Crippen LogP) is 2.46. The number of aliphatic hydroxyl groups is 1. The third-order valence-electron chi connectivity index (χ3n) is 4.90. The molecule has 1 aliphatic heterocycles. The molecule has 0 aromatic heterocycles. The molecule has 1 amide bonds. The van der Waals surface area contributed by atoms with E-state index in [0.29, 0.717) is 31.7 Å². The molecule has 1 aliphatic rings. The molecule has 0 aliphatic carbocycles. The predicted molar refractivity (Wildman–Crippen MR) is 103 cm³/mol. The second kappa shape index (κ2) is 7.98. The summed E-state index contributed by atoms with van der Waals surface area (Å²) in [5.41, 5.74) is 4.15. The quantitative estimate of drug-likeness (QED) is 0.586. The van der Waals surface area contributed by atoms with E-state index >= 15 is 0 Å². The number of rotatable bonds is 6. The molecule has 1 heterocycles. The molecule has 27 heavy (non-hydrogen) atoms. The number of carbonyl (C=O) groups excluding carboxylic acids is 1. The summed E-state index contributed by atoms with van der Waals surface area (Å²) in [6, 6.07) is 8.95. The zero-order chi connectivity index (χ0) is 19.6. The van der Waals surface area contributed by atoms with Crippen molar-refractivity contribution in [1.29, 1.82) is 0 Å². The number of nitrogens with zero attached hydrogens (tertiary/aromatic N) is 1. The van der Waals surface area contributed by atoms with Gasteiger partial charge in [-0.25, -0.2) is 0 Å². The molecule has 4 N–H and O–H groups in total. The minimum atomic E-state index is -0.245. The van der Waals surface area contributed by atoms with Gasteiger partial charge in [0.1, 0.15) is 11.5 Å². The Labute approximate surface area is 159 Å². The van der Waals surface area contributed by atoms with Gasteiger partial charge in [-0.3, -0.25) is 4.79 Å². The van der Waals surface area contributed by atoms with E-state index < -0.39 is 0 Å². The maximum absolute atomic E-state index is 13.0. The van der Waals surface area contributed by atoms with Gasteiger partial charge in [-0.15, -0.1) is 0 Å². The summed E-state index contributed by atoms with van der Waals surface area (Å²) in [6.45, 7) is 6.14. The molecule has 0 bridgehead atoms. The SMILES string of the molecule is CC(C)c1cc(C(=O)N2Cc3ccc(CNCCO)cc3C2)c(O)cc1O. The lowest BCUT2D eigenvalue weighted by atomic mass is 9.98. The molecule has 3 rings (SSSR count). The van der Waals surface area contributed by atoms with Crippen molar-refractivity contribution >= 4 is 5.91 Å². The van der Waals surface area contributed by atoms with Crippen LogP contribution in [0.4, 0.5) is 0 Å². The van der Waals surface area contributed by atoms with Crippen LogP contribution in [0.15, 0.2) is 30.3 Å². The van der Waals surface area contributed by atoms with Crippen LogP contribution in [-0.2, 0) is 19.6 Å². The Balaban J connectivity index is 1.78. The normalized spacial score (nSPS) is 13.3. The van der Waals surface area contributed by atoms with Crippen LogP contribution in [0.5, 0.6) is 11.5 Å². The smallest absolute Gasteiger partial charge is 0.258 e. The number of carbonyl (C=O) groups is 1. The molecule has 0 saturated heterocycles. The van der Waals surface area contributed by atoms with E-state index in [1.54, 1.807) is 11.0 Å². The fourth-order valence-corrected chi connectivity index (χ4v) is 3.41. The molecule has 0 atom stereocenters. The Morgan fingerprint density at radius 3 is 2.56 bits per heavy atom. The minimum Gasteiger partial charge on any atom is -0.508 e. The highest BCUT2D eigenvalue weighted by Crippen LogP contribution is 2.34. The number of benzene rings is 2. The number of phenols is 2. The number of amides is 1. The van der Waals surface area contributed by atoms with Crippen LogP contribution < -0.4 is 5.32 Å². The van der Waals surface area contributed by atoms with Crippen molar-refractivity contribution in [3.8, 4) is 11.5 Å². The van der Waals surface area contributed by atoms with Gasteiger partial charge in [0.15, 0.2) is 0 Å². The third kappa shape index (κ3) is 4.07. The van der Waals surface area contributed by atoms with Crippen molar-refractivity contribution in [3.05, 3.63) is 58.1 Å². The van der Waals surface area contributed by atoms with Crippen LogP contribution in [-0.4, -0.2) is 39.3 Å². The Bertz CT molecular complexity index is 848. The zero-order valence-corrected chi connectivity index (χ0v) is 15.7. The number of aromatic hydroxyl groups is 2. The van der Waals surface area contributed by atoms with Crippen molar-refractivity contribution in [3.63, 3.8) is 0 Å². The Morgan fingerprint density at radius 1 is 1.11 bits per heavy atom. The highest BCUT2D eigenvalue weighted by atomic mass is 16.3. The van der Waals surface area contributed by atoms with Gasteiger partial charge < -0.3 is 25.5 Å². The van der Waals surface area contributed by atoms with Gasteiger partial charge in [-0.2, -0.15) is 0 Å². The third-order valence-corrected chi connectivity index (χ3v) is 4.90. The number of hydrogen-bond donors (Lipinski definition) is 4. The summed E-state index contributed by atoms with van der Waals surface area (Å²) in [5, 5.41) is 32.2. The van der Waals surface area contributed by atoms with Gasteiger partial charge in [0.05, 0.1) is 12.2 Å². The van der Waals surface area contributed by atoms with Gasteiger partial charge in [-0.05, 0) is 34.2 Å². The topological polar surface area (TPSA) is 93.0 Å². The number of hydrogen-bond acceptors (Lipinski definition) is 5. The molecule has 0 spiro atoms. The molecule has 0 fully saturated rings. The molecule has 144 valence electrons. The van der Waals surface area contributed by atoms with Crippen LogP contribution in [0.2, 0.25) is 0 Å². The molecule has 6 nitrogen and oxygen atoms in total. The Morgan fingerprint density at radius 2 is 1.85 bits per heavy atom. The van der Waals surface area contributed by atoms with Gasteiger partial charge >= 0.3 is 0 Å². The molecule has 2 aromatic rings. The number of aliphatic hydroxyl groups excluding tert-OH is 1. The first kappa shape index (κ1) is 19.2. The van der Waals surface area contributed by atoms with Gasteiger partial charge in [0.2, 0.25) is 0 Å². The first-order chi connectivity index (χ1) is 12.9.